The zero-order chi connectivity index (χ0) is 14.2. The largest absolute Gasteiger partial charge is 0.288 e. The summed E-state index contributed by atoms with van der Waals surface area (Å²) in [5.74, 6) is 0.979. The average molecular weight is 280 g/mol. The van der Waals surface area contributed by atoms with Crippen LogP contribution in [-0.2, 0) is 4.79 Å². The van der Waals surface area contributed by atoms with Crippen LogP contribution in [0.4, 0.5) is 0 Å². The maximum Gasteiger partial charge on any atom is 0.185 e. The summed E-state index contributed by atoms with van der Waals surface area (Å²) < 4.78 is 0. The van der Waals surface area contributed by atoms with E-state index in [0.29, 0.717) is 0 Å². The normalized spacial score (nSPS) is 12.1. The zero-order valence-corrected chi connectivity index (χ0v) is 13.3. The van der Waals surface area contributed by atoms with Gasteiger partial charge in [0.05, 0.1) is 0 Å². The topological polar surface area (TPSA) is 17.1 Å². The number of unbranched alkanes of at least 4 members (excludes halogenated alkanes) is 3. The molecule has 0 fully saturated rings. The highest BCUT2D eigenvalue weighted by Gasteiger charge is 1.93. The van der Waals surface area contributed by atoms with Gasteiger partial charge in [0, 0.05) is 12.7 Å². The fourth-order valence-electron chi connectivity index (χ4n) is 1.58. The highest BCUT2D eigenvalue weighted by molar-refractivity contribution is 8.13. The van der Waals surface area contributed by atoms with E-state index < -0.39 is 0 Å². The van der Waals surface area contributed by atoms with Crippen molar-refractivity contribution in [2.75, 3.05) is 5.75 Å². The summed E-state index contributed by atoms with van der Waals surface area (Å²) in [6.07, 6.45) is 21.3. The Bertz CT molecular complexity index is 290. The van der Waals surface area contributed by atoms with Crippen molar-refractivity contribution in [1.82, 2.24) is 0 Å². The first-order chi connectivity index (χ1) is 9.27. The Morgan fingerprint density at radius 1 is 0.895 bits per heavy atom. The first-order valence-corrected chi connectivity index (χ1v) is 8.34. The van der Waals surface area contributed by atoms with Crippen LogP contribution in [0.25, 0.3) is 0 Å². The van der Waals surface area contributed by atoms with Gasteiger partial charge in [0.2, 0.25) is 0 Å². The van der Waals surface area contributed by atoms with Crippen molar-refractivity contribution in [1.29, 1.82) is 0 Å². The van der Waals surface area contributed by atoms with Gasteiger partial charge >= 0.3 is 0 Å². The maximum absolute atomic E-state index is 10.7. The molecule has 0 aliphatic rings. The van der Waals surface area contributed by atoms with E-state index in [1.165, 1.54) is 24.6 Å². The molecule has 0 spiro atoms. The second-order valence-corrected chi connectivity index (χ2v) is 5.76. The Labute approximate surface area is 123 Å². The Morgan fingerprint density at radius 2 is 1.53 bits per heavy atom. The third-order valence-electron chi connectivity index (χ3n) is 2.60. The second-order valence-electron chi connectivity index (χ2n) is 4.48. The van der Waals surface area contributed by atoms with Crippen LogP contribution in [0.3, 0.4) is 0 Å². The van der Waals surface area contributed by atoms with Gasteiger partial charge in [-0.1, -0.05) is 61.6 Å². The molecule has 0 rings (SSSR count). The lowest BCUT2D eigenvalue weighted by atomic mass is 10.2. The van der Waals surface area contributed by atoms with E-state index in [4.69, 9.17) is 0 Å². The SMILES string of the molecule is CC/C=C\C/C=C\C/C=C\CCCCCSC(C)=O. The summed E-state index contributed by atoms with van der Waals surface area (Å²) in [4.78, 5) is 10.7. The summed E-state index contributed by atoms with van der Waals surface area (Å²) in [6.45, 7) is 3.79. The molecule has 0 unspecified atom stereocenters. The molecule has 0 amide bonds. The van der Waals surface area contributed by atoms with Crippen molar-refractivity contribution < 1.29 is 4.79 Å². The molecule has 0 saturated heterocycles. The van der Waals surface area contributed by atoms with E-state index in [1.807, 2.05) is 0 Å². The van der Waals surface area contributed by atoms with Gasteiger partial charge in [-0.05, 0) is 38.5 Å². The molecule has 0 aromatic rings. The molecule has 0 aromatic carbocycles. The van der Waals surface area contributed by atoms with E-state index in [-0.39, 0.29) is 5.12 Å². The van der Waals surface area contributed by atoms with Crippen LogP contribution in [-0.4, -0.2) is 10.9 Å². The van der Waals surface area contributed by atoms with Gasteiger partial charge in [0.15, 0.2) is 5.12 Å². The minimum Gasteiger partial charge on any atom is -0.288 e. The van der Waals surface area contributed by atoms with Crippen LogP contribution in [0.15, 0.2) is 36.5 Å². The molecule has 0 aliphatic heterocycles. The summed E-state index contributed by atoms with van der Waals surface area (Å²) in [5.41, 5.74) is 0. The van der Waals surface area contributed by atoms with Crippen molar-refractivity contribution in [3.63, 3.8) is 0 Å². The third kappa shape index (κ3) is 17.2. The second kappa shape index (κ2) is 15.3. The Hall–Kier alpha value is -0.760. The summed E-state index contributed by atoms with van der Waals surface area (Å²) in [6, 6.07) is 0. The fourth-order valence-corrected chi connectivity index (χ4v) is 2.22. The van der Waals surface area contributed by atoms with Crippen LogP contribution in [0.1, 0.15) is 58.8 Å². The molecule has 0 heterocycles. The van der Waals surface area contributed by atoms with Gasteiger partial charge in [0.25, 0.3) is 0 Å². The lowest BCUT2D eigenvalue weighted by molar-refractivity contribution is -0.109. The molecule has 0 saturated carbocycles. The molecule has 2 heteroatoms. The van der Waals surface area contributed by atoms with E-state index >= 15 is 0 Å². The Morgan fingerprint density at radius 3 is 2.16 bits per heavy atom. The predicted octanol–water partition coefficient (Wildman–Crippen LogP) is 5.69. The van der Waals surface area contributed by atoms with Gasteiger partial charge in [0.1, 0.15) is 0 Å². The van der Waals surface area contributed by atoms with E-state index in [9.17, 15) is 4.79 Å². The van der Waals surface area contributed by atoms with Crippen molar-refractivity contribution in [3.8, 4) is 0 Å². The average Bonchev–Trinajstić information content (AvgIpc) is 2.39. The third-order valence-corrected chi connectivity index (χ3v) is 3.50. The molecule has 0 aromatic heterocycles. The van der Waals surface area contributed by atoms with Crippen molar-refractivity contribution >= 4 is 16.9 Å². The Balaban J connectivity index is 3.25. The van der Waals surface area contributed by atoms with Crippen molar-refractivity contribution in [2.45, 2.75) is 58.8 Å². The monoisotopic (exact) mass is 280 g/mol. The molecule has 0 aliphatic carbocycles. The van der Waals surface area contributed by atoms with Crippen LogP contribution in [0, 0.1) is 0 Å². The lowest BCUT2D eigenvalue weighted by Gasteiger charge is -1.96. The molecule has 108 valence electrons. The van der Waals surface area contributed by atoms with Crippen LogP contribution >= 0.6 is 11.8 Å². The van der Waals surface area contributed by atoms with Crippen LogP contribution in [0.2, 0.25) is 0 Å². The van der Waals surface area contributed by atoms with Gasteiger partial charge in [-0.2, -0.15) is 0 Å². The highest BCUT2D eigenvalue weighted by Crippen LogP contribution is 2.08. The maximum atomic E-state index is 10.7. The van der Waals surface area contributed by atoms with Crippen LogP contribution in [0.5, 0.6) is 0 Å². The van der Waals surface area contributed by atoms with Gasteiger partial charge < -0.3 is 0 Å². The van der Waals surface area contributed by atoms with Gasteiger partial charge in [-0.15, -0.1) is 0 Å². The molecular weight excluding hydrogens is 252 g/mol. The van der Waals surface area contributed by atoms with E-state index in [1.54, 1.807) is 6.92 Å². The fraction of sp³-hybridized carbons (Fsp3) is 0.588. The molecule has 1 nitrogen and oxygen atoms in total. The number of allylic oxidation sites excluding steroid dienone is 6. The number of hydrogen-bond donors (Lipinski definition) is 0. The first kappa shape index (κ1) is 18.2. The first-order valence-electron chi connectivity index (χ1n) is 7.35. The molecule has 0 N–H and O–H groups in total. The standard InChI is InChI=1S/C17H28OS/c1-3-4-5-6-7-8-9-10-11-12-13-14-15-16-19-17(2)18/h4-5,7-8,10-11H,3,6,9,12-16H2,1-2H3/b5-4-,8-7-,11-10-. The summed E-state index contributed by atoms with van der Waals surface area (Å²) in [5, 5.41) is 0.237. The van der Waals surface area contributed by atoms with Gasteiger partial charge in [-0.25, -0.2) is 0 Å². The van der Waals surface area contributed by atoms with Crippen LogP contribution < -0.4 is 0 Å². The van der Waals surface area contributed by atoms with Gasteiger partial charge in [-0.3, -0.25) is 4.79 Å². The van der Waals surface area contributed by atoms with Crippen molar-refractivity contribution in [2.24, 2.45) is 0 Å². The number of carbonyl (C=O) groups excluding carboxylic acids is 1. The highest BCUT2D eigenvalue weighted by atomic mass is 32.2. The molecule has 19 heavy (non-hydrogen) atoms. The van der Waals surface area contributed by atoms with E-state index in [2.05, 4.69) is 43.4 Å². The molecular formula is C17H28OS. The molecule has 0 bridgehead atoms. The number of rotatable bonds is 11. The van der Waals surface area contributed by atoms with Crippen molar-refractivity contribution in [3.05, 3.63) is 36.5 Å². The number of thioether (sulfide) groups is 1. The zero-order valence-electron chi connectivity index (χ0n) is 12.4. The molecule has 0 radical (unpaired) electrons. The smallest absolute Gasteiger partial charge is 0.185 e. The summed E-state index contributed by atoms with van der Waals surface area (Å²) >= 11 is 1.44. The van der Waals surface area contributed by atoms with E-state index in [0.717, 1.165) is 37.9 Å². The summed E-state index contributed by atoms with van der Waals surface area (Å²) in [7, 11) is 0. The lowest BCUT2D eigenvalue weighted by Crippen LogP contribution is -1.86. The Kier molecular flexibility index (Phi) is 14.7. The number of carbonyl (C=O) groups is 1. The minimum atomic E-state index is 0.237. The quantitative estimate of drug-likeness (QED) is 0.357. The predicted molar refractivity (Wildman–Crippen MR) is 88.6 cm³/mol. The minimum absolute atomic E-state index is 0.237. The number of hydrogen-bond acceptors (Lipinski definition) is 2. The molecule has 0 atom stereocenters.